The molecule has 0 aliphatic rings. The van der Waals surface area contributed by atoms with Gasteiger partial charge in [-0.1, -0.05) is 12.7 Å². The molecule has 0 radical (unpaired) electrons. The molecule has 5 nitrogen and oxygen atoms in total. The molecule has 0 spiro atoms. The second kappa shape index (κ2) is 6.11. The molecule has 5 N–H and O–H groups in total. The third-order valence-corrected chi connectivity index (χ3v) is 2.46. The molecule has 0 atom stereocenters. The molecule has 6 heteroatoms. The third-order valence-electron chi connectivity index (χ3n) is 2.03. The van der Waals surface area contributed by atoms with Crippen LogP contribution in [-0.4, -0.2) is 4.57 Å². The number of hydrogen-bond donors (Lipinski definition) is 3. The molecule has 1 heterocycles. The molecule has 0 amide bonds. The zero-order valence-corrected chi connectivity index (χ0v) is 11.6. The molecule has 0 aliphatic heterocycles. The maximum atomic E-state index is 11.8. The average Bonchev–Trinajstić information content (AvgIpc) is 2.24. The van der Waals surface area contributed by atoms with E-state index < -0.39 is 0 Å². The molecule has 0 bridgehead atoms. The molecule has 1 aromatic heterocycles. The largest absolute Gasteiger partial charge is 0.386 e. The van der Waals surface area contributed by atoms with Crippen molar-refractivity contribution in [3.8, 4) is 0 Å². The van der Waals surface area contributed by atoms with Crippen LogP contribution < -0.4 is 22.3 Å². The van der Waals surface area contributed by atoms with Crippen molar-refractivity contribution in [1.82, 2.24) is 4.57 Å². The van der Waals surface area contributed by atoms with E-state index in [9.17, 15) is 4.79 Å². The van der Waals surface area contributed by atoms with Gasteiger partial charge in [-0.25, -0.2) is 0 Å². The molecule has 0 saturated heterocycles. The molecule has 1 rings (SSSR count). The summed E-state index contributed by atoms with van der Waals surface area (Å²) in [6.45, 7) is 3.78. The van der Waals surface area contributed by atoms with Gasteiger partial charge >= 0.3 is 0 Å². The third kappa shape index (κ3) is 4.14. The lowest BCUT2D eigenvalue weighted by Crippen LogP contribution is -2.19. The molecule has 96 valence electrons. The first-order chi connectivity index (χ1) is 8.40. The van der Waals surface area contributed by atoms with Gasteiger partial charge in [0.15, 0.2) is 0 Å². The lowest BCUT2D eigenvalue weighted by molar-refractivity contribution is 0.858. The number of aryl methyl sites for hydroxylation is 1. The van der Waals surface area contributed by atoms with Crippen molar-refractivity contribution in [2.24, 2.45) is 18.5 Å². The molecule has 0 unspecified atom stereocenters. The number of hydrogen-bond acceptors (Lipinski definition) is 4. The van der Waals surface area contributed by atoms with Crippen LogP contribution in [0.5, 0.6) is 0 Å². The fourth-order valence-electron chi connectivity index (χ4n) is 1.25. The van der Waals surface area contributed by atoms with E-state index in [2.05, 4.69) is 27.8 Å². The molecule has 0 fully saturated rings. The minimum absolute atomic E-state index is 0.137. The number of nitrogens with zero attached hydrogens (tertiary/aromatic N) is 1. The van der Waals surface area contributed by atoms with E-state index in [1.54, 1.807) is 31.5 Å². The van der Waals surface area contributed by atoms with Gasteiger partial charge in [0, 0.05) is 23.4 Å². The normalized spacial score (nSPS) is 10.3. The lowest BCUT2D eigenvalue weighted by atomic mass is 10.3. The Morgan fingerprint density at radius 2 is 2.22 bits per heavy atom. The summed E-state index contributed by atoms with van der Waals surface area (Å²) in [6.07, 6.45) is 6.53. The summed E-state index contributed by atoms with van der Waals surface area (Å²) in [5.41, 5.74) is 11.4. The van der Waals surface area contributed by atoms with Crippen LogP contribution >= 0.6 is 15.9 Å². The van der Waals surface area contributed by atoms with E-state index in [0.29, 0.717) is 11.4 Å². The van der Waals surface area contributed by atoms with Gasteiger partial charge in [0.2, 0.25) is 0 Å². The fraction of sp³-hybridized carbons (Fsp3) is 0.0833. The minimum atomic E-state index is -0.137. The standard InChI is InChI=1S/C12H15BrN4O/c1-8(4-3-5-11(14)15)16-10-6-9(13)7-17(2)12(10)18/h3-7,16H,1,14-15H2,2H3/b4-3-. The molecular weight excluding hydrogens is 296 g/mol. The quantitative estimate of drug-likeness (QED) is 0.734. The Bertz CT molecular complexity index is 568. The van der Waals surface area contributed by atoms with E-state index >= 15 is 0 Å². The predicted octanol–water partition coefficient (Wildman–Crippen LogP) is 1.39. The number of aromatic nitrogens is 1. The number of rotatable bonds is 4. The summed E-state index contributed by atoms with van der Waals surface area (Å²) >= 11 is 3.32. The van der Waals surface area contributed by atoms with Crippen molar-refractivity contribution in [2.45, 2.75) is 0 Å². The van der Waals surface area contributed by atoms with Crippen molar-refractivity contribution < 1.29 is 0 Å². The highest BCUT2D eigenvalue weighted by molar-refractivity contribution is 9.10. The Balaban J connectivity index is 2.86. The van der Waals surface area contributed by atoms with Gasteiger partial charge in [-0.2, -0.15) is 0 Å². The SMILES string of the molecule is C=C(/C=C\C=C(N)N)Nc1cc(Br)cn(C)c1=O. The lowest BCUT2D eigenvalue weighted by Gasteiger charge is -2.07. The average molecular weight is 311 g/mol. The summed E-state index contributed by atoms with van der Waals surface area (Å²) in [4.78, 5) is 11.8. The summed E-state index contributed by atoms with van der Waals surface area (Å²) < 4.78 is 2.27. The molecule has 1 aromatic rings. The molecular formula is C12H15BrN4O. The zero-order valence-electron chi connectivity index (χ0n) is 9.98. The van der Waals surface area contributed by atoms with Crippen molar-refractivity contribution in [2.75, 3.05) is 5.32 Å². The van der Waals surface area contributed by atoms with Crippen molar-refractivity contribution >= 4 is 21.6 Å². The van der Waals surface area contributed by atoms with Crippen LogP contribution in [0.15, 0.2) is 57.9 Å². The summed E-state index contributed by atoms with van der Waals surface area (Å²) in [5, 5.41) is 2.91. The van der Waals surface area contributed by atoms with Gasteiger partial charge < -0.3 is 21.4 Å². The van der Waals surface area contributed by atoms with E-state index in [-0.39, 0.29) is 11.4 Å². The van der Waals surface area contributed by atoms with E-state index in [1.165, 1.54) is 10.6 Å². The van der Waals surface area contributed by atoms with Crippen LogP contribution in [0.2, 0.25) is 0 Å². The smallest absolute Gasteiger partial charge is 0.274 e. The Labute approximate surface area is 114 Å². The first-order valence-electron chi connectivity index (χ1n) is 5.11. The molecule has 0 aromatic carbocycles. The number of nitrogens with one attached hydrogen (secondary N) is 1. The van der Waals surface area contributed by atoms with Gasteiger partial charge in [0.25, 0.3) is 5.56 Å². The highest BCUT2D eigenvalue weighted by Gasteiger charge is 2.02. The second-order valence-corrected chi connectivity index (χ2v) is 4.58. The highest BCUT2D eigenvalue weighted by Crippen LogP contribution is 2.12. The van der Waals surface area contributed by atoms with Crippen LogP contribution in [-0.2, 0) is 7.05 Å². The van der Waals surface area contributed by atoms with E-state index in [0.717, 1.165) is 4.47 Å². The summed E-state index contributed by atoms with van der Waals surface area (Å²) in [7, 11) is 1.68. The first kappa shape index (κ1) is 14.1. The second-order valence-electron chi connectivity index (χ2n) is 3.66. The minimum Gasteiger partial charge on any atom is -0.386 e. The van der Waals surface area contributed by atoms with Crippen molar-refractivity contribution in [3.05, 3.63) is 63.4 Å². The fourth-order valence-corrected chi connectivity index (χ4v) is 1.79. The van der Waals surface area contributed by atoms with Crippen LogP contribution in [0.4, 0.5) is 5.69 Å². The number of anilines is 1. The van der Waals surface area contributed by atoms with E-state index in [4.69, 9.17) is 11.5 Å². The number of allylic oxidation sites excluding steroid dienone is 3. The Morgan fingerprint density at radius 1 is 1.56 bits per heavy atom. The Morgan fingerprint density at radius 3 is 2.83 bits per heavy atom. The maximum Gasteiger partial charge on any atom is 0.274 e. The monoisotopic (exact) mass is 310 g/mol. The summed E-state index contributed by atoms with van der Waals surface area (Å²) in [5.74, 6) is 0.206. The molecule has 18 heavy (non-hydrogen) atoms. The number of halogens is 1. The van der Waals surface area contributed by atoms with Crippen LogP contribution in [0.25, 0.3) is 0 Å². The maximum absolute atomic E-state index is 11.8. The first-order valence-corrected chi connectivity index (χ1v) is 5.91. The van der Waals surface area contributed by atoms with Crippen molar-refractivity contribution in [1.29, 1.82) is 0 Å². The summed E-state index contributed by atoms with van der Waals surface area (Å²) in [6, 6.07) is 1.69. The predicted molar refractivity (Wildman–Crippen MR) is 77.7 cm³/mol. The van der Waals surface area contributed by atoms with E-state index in [1.807, 2.05) is 0 Å². The Hall–Kier alpha value is -1.95. The van der Waals surface area contributed by atoms with Gasteiger partial charge in [-0.15, -0.1) is 0 Å². The molecule has 0 saturated carbocycles. The highest BCUT2D eigenvalue weighted by atomic mass is 79.9. The molecule has 0 aliphatic carbocycles. The number of pyridine rings is 1. The zero-order chi connectivity index (χ0) is 13.7. The van der Waals surface area contributed by atoms with Crippen LogP contribution in [0, 0.1) is 0 Å². The van der Waals surface area contributed by atoms with Crippen LogP contribution in [0.1, 0.15) is 0 Å². The van der Waals surface area contributed by atoms with Crippen molar-refractivity contribution in [3.63, 3.8) is 0 Å². The van der Waals surface area contributed by atoms with Gasteiger partial charge in [0.05, 0.1) is 5.82 Å². The van der Waals surface area contributed by atoms with Gasteiger partial charge in [-0.05, 0) is 34.1 Å². The Kier molecular flexibility index (Phi) is 4.79. The van der Waals surface area contributed by atoms with Crippen LogP contribution in [0.3, 0.4) is 0 Å². The topological polar surface area (TPSA) is 86.1 Å². The number of nitrogens with two attached hydrogens (primary N) is 2. The van der Waals surface area contributed by atoms with Gasteiger partial charge in [-0.3, -0.25) is 4.79 Å². The van der Waals surface area contributed by atoms with Gasteiger partial charge in [0.1, 0.15) is 5.69 Å².